The Kier molecular flexibility index (Phi) is 5.27. The lowest BCUT2D eigenvalue weighted by atomic mass is 10.1. The molecule has 6 heteroatoms. The van der Waals surface area contributed by atoms with Gasteiger partial charge in [-0.3, -0.25) is 4.79 Å². The fraction of sp³-hybridized carbons (Fsp3) is 0.389. The van der Waals surface area contributed by atoms with Gasteiger partial charge in [-0.15, -0.1) is 0 Å². The molecule has 0 bridgehead atoms. The molecule has 1 atom stereocenters. The number of carbonyl (C=O) groups is 1. The normalized spacial score (nSPS) is 16.8. The van der Waals surface area contributed by atoms with Gasteiger partial charge in [-0.25, -0.2) is 4.39 Å². The van der Waals surface area contributed by atoms with Gasteiger partial charge in [-0.05, 0) is 44.1 Å². The van der Waals surface area contributed by atoms with Crippen molar-refractivity contribution in [2.45, 2.75) is 25.0 Å². The van der Waals surface area contributed by atoms with Crippen LogP contribution < -0.4 is 10.6 Å². The van der Waals surface area contributed by atoms with Crippen LogP contribution in [0.3, 0.4) is 0 Å². The first kappa shape index (κ1) is 16.7. The maximum Gasteiger partial charge on any atom is 0.268 e. The number of nitrogens with zero attached hydrogens (tertiary/aromatic N) is 1. The summed E-state index contributed by atoms with van der Waals surface area (Å²) in [6.45, 7) is 1.85. The second kappa shape index (κ2) is 7.59. The highest BCUT2D eigenvalue weighted by Crippen LogP contribution is 2.21. The predicted molar refractivity (Wildman–Crippen MR) is 89.3 cm³/mol. The van der Waals surface area contributed by atoms with E-state index in [1.54, 1.807) is 18.2 Å². The number of halogens is 1. The molecular formula is C18H22FN3O2. The van der Waals surface area contributed by atoms with E-state index in [2.05, 4.69) is 10.6 Å². The van der Waals surface area contributed by atoms with Crippen LogP contribution in [0, 0.1) is 5.82 Å². The van der Waals surface area contributed by atoms with Crippen molar-refractivity contribution in [1.82, 2.24) is 15.2 Å². The minimum absolute atomic E-state index is 0.0306. The number of hydrogen-bond donors (Lipinski definition) is 3. The standard InChI is InChI=1S/C18H22FN3O2/c19-15-5-2-1-4-14(15)17(23)12-21-18(24)16-6-3-11-22(16)13-7-9-20-10-8-13/h1-6,11,13,17,20,23H,7-10,12H2,(H,21,24). The van der Waals surface area contributed by atoms with E-state index in [1.165, 1.54) is 12.1 Å². The number of aliphatic hydroxyl groups is 1. The average molecular weight is 331 g/mol. The van der Waals surface area contributed by atoms with Crippen LogP contribution in [0.4, 0.5) is 4.39 Å². The highest BCUT2D eigenvalue weighted by atomic mass is 19.1. The summed E-state index contributed by atoms with van der Waals surface area (Å²) in [5.74, 6) is -0.730. The van der Waals surface area contributed by atoms with Crippen molar-refractivity contribution in [2.75, 3.05) is 19.6 Å². The molecule has 1 aromatic heterocycles. The van der Waals surface area contributed by atoms with Crippen molar-refractivity contribution < 1.29 is 14.3 Å². The average Bonchev–Trinajstić information content (AvgIpc) is 3.10. The van der Waals surface area contributed by atoms with Crippen molar-refractivity contribution in [3.05, 3.63) is 59.7 Å². The molecule has 1 saturated heterocycles. The first-order chi connectivity index (χ1) is 11.7. The first-order valence-corrected chi connectivity index (χ1v) is 8.25. The van der Waals surface area contributed by atoms with Crippen LogP contribution in [0.5, 0.6) is 0 Å². The lowest BCUT2D eigenvalue weighted by molar-refractivity contribution is 0.0901. The molecule has 3 rings (SSSR count). The molecule has 1 unspecified atom stereocenters. The number of carbonyl (C=O) groups excluding carboxylic acids is 1. The quantitative estimate of drug-likeness (QED) is 0.785. The number of rotatable bonds is 5. The molecule has 2 aromatic rings. The molecule has 5 nitrogen and oxygen atoms in total. The number of hydrogen-bond acceptors (Lipinski definition) is 3. The van der Waals surface area contributed by atoms with Gasteiger partial charge in [-0.1, -0.05) is 18.2 Å². The van der Waals surface area contributed by atoms with E-state index in [-0.39, 0.29) is 18.0 Å². The molecule has 1 fully saturated rings. The zero-order chi connectivity index (χ0) is 16.9. The minimum atomic E-state index is -1.07. The van der Waals surface area contributed by atoms with E-state index in [9.17, 15) is 14.3 Å². The van der Waals surface area contributed by atoms with E-state index in [4.69, 9.17) is 0 Å². The van der Waals surface area contributed by atoms with E-state index >= 15 is 0 Å². The second-order valence-electron chi connectivity index (χ2n) is 6.03. The van der Waals surface area contributed by atoms with Crippen molar-refractivity contribution in [1.29, 1.82) is 0 Å². The van der Waals surface area contributed by atoms with Crippen LogP contribution in [0.1, 0.15) is 41.0 Å². The Labute approximate surface area is 140 Å². The van der Waals surface area contributed by atoms with Gasteiger partial charge in [0.1, 0.15) is 11.5 Å². The molecule has 3 N–H and O–H groups in total. The largest absolute Gasteiger partial charge is 0.386 e. The van der Waals surface area contributed by atoms with E-state index in [0.717, 1.165) is 25.9 Å². The summed E-state index contributed by atoms with van der Waals surface area (Å²) in [6.07, 6.45) is 2.80. The fourth-order valence-corrected chi connectivity index (χ4v) is 3.12. The van der Waals surface area contributed by atoms with E-state index < -0.39 is 11.9 Å². The van der Waals surface area contributed by atoms with Gasteiger partial charge in [-0.2, -0.15) is 0 Å². The summed E-state index contributed by atoms with van der Waals surface area (Å²) >= 11 is 0. The fourth-order valence-electron chi connectivity index (χ4n) is 3.12. The van der Waals surface area contributed by atoms with Crippen LogP contribution in [0.25, 0.3) is 0 Å². The molecule has 128 valence electrons. The molecule has 2 heterocycles. The Morgan fingerprint density at radius 1 is 1.29 bits per heavy atom. The monoisotopic (exact) mass is 331 g/mol. The van der Waals surface area contributed by atoms with Crippen LogP contribution in [0.15, 0.2) is 42.6 Å². The first-order valence-electron chi connectivity index (χ1n) is 8.25. The molecule has 1 amide bonds. The molecule has 0 radical (unpaired) electrons. The number of piperidine rings is 1. The smallest absolute Gasteiger partial charge is 0.268 e. The van der Waals surface area contributed by atoms with E-state index in [0.29, 0.717) is 11.7 Å². The minimum Gasteiger partial charge on any atom is -0.386 e. The molecule has 1 aromatic carbocycles. The summed E-state index contributed by atoms with van der Waals surface area (Å²) in [6, 6.07) is 9.96. The van der Waals surface area contributed by atoms with Gasteiger partial charge in [0.2, 0.25) is 0 Å². The Balaban J connectivity index is 1.63. The Morgan fingerprint density at radius 2 is 2.04 bits per heavy atom. The number of benzene rings is 1. The predicted octanol–water partition coefficient (Wildman–Crippen LogP) is 2.02. The maximum atomic E-state index is 13.7. The van der Waals surface area contributed by atoms with Crippen molar-refractivity contribution in [2.24, 2.45) is 0 Å². The van der Waals surface area contributed by atoms with Gasteiger partial charge < -0.3 is 20.3 Å². The summed E-state index contributed by atoms with van der Waals surface area (Å²) in [5.41, 5.74) is 0.758. The van der Waals surface area contributed by atoms with Gasteiger partial charge in [0, 0.05) is 24.3 Å². The summed E-state index contributed by atoms with van der Waals surface area (Å²) in [7, 11) is 0. The van der Waals surface area contributed by atoms with Crippen molar-refractivity contribution >= 4 is 5.91 Å². The van der Waals surface area contributed by atoms with E-state index in [1.807, 2.05) is 16.8 Å². The summed E-state index contributed by atoms with van der Waals surface area (Å²) in [5, 5.41) is 16.1. The lowest BCUT2D eigenvalue weighted by Crippen LogP contribution is -2.33. The van der Waals surface area contributed by atoms with Crippen LogP contribution >= 0.6 is 0 Å². The third-order valence-electron chi connectivity index (χ3n) is 4.43. The molecule has 1 aliphatic rings. The molecule has 0 saturated carbocycles. The summed E-state index contributed by atoms with van der Waals surface area (Å²) < 4.78 is 15.7. The molecule has 24 heavy (non-hydrogen) atoms. The maximum absolute atomic E-state index is 13.7. The second-order valence-corrected chi connectivity index (χ2v) is 6.03. The van der Waals surface area contributed by atoms with Gasteiger partial charge in [0.25, 0.3) is 5.91 Å². The third-order valence-corrected chi connectivity index (χ3v) is 4.43. The van der Waals surface area contributed by atoms with Crippen LogP contribution in [-0.2, 0) is 0 Å². The molecule has 1 aliphatic heterocycles. The van der Waals surface area contributed by atoms with Crippen LogP contribution in [0.2, 0.25) is 0 Å². The highest BCUT2D eigenvalue weighted by molar-refractivity contribution is 5.92. The van der Waals surface area contributed by atoms with Gasteiger partial charge in [0.05, 0.1) is 6.10 Å². The Morgan fingerprint density at radius 3 is 2.79 bits per heavy atom. The third kappa shape index (κ3) is 3.66. The number of aromatic nitrogens is 1. The van der Waals surface area contributed by atoms with Crippen molar-refractivity contribution in [3.8, 4) is 0 Å². The van der Waals surface area contributed by atoms with Gasteiger partial charge in [0.15, 0.2) is 0 Å². The number of nitrogens with one attached hydrogen (secondary N) is 2. The highest BCUT2D eigenvalue weighted by Gasteiger charge is 2.21. The number of aliphatic hydroxyl groups excluding tert-OH is 1. The molecule has 0 spiro atoms. The summed E-state index contributed by atoms with van der Waals surface area (Å²) in [4.78, 5) is 12.4. The molecular weight excluding hydrogens is 309 g/mol. The topological polar surface area (TPSA) is 66.3 Å². The molecule has 0 aliphatic carbocycles. The van der Waals surface area contributed by atoms with Crippen molar-refractivity contribution in [3.63, 3.8) is 0 Å². The lowest BCUT2D eigenvalue weighted by Gasteiger charge is -2.26. The Bertz CT molecular complexity index is 695. The zero-order valence-corrected chi connectivity index (χ0v) is 13.4. The van der Waals surface area contributed by atoms with Gasteiger partial charge >= 0.3 is 0 Å². The van der Waals surface area contributed by atoms with Crippen LogP contribution in [-0.4, -0.2) is 35.2 Å². The number of amides is 1. The SMILES string of the molecule is O=C(NCC(O)c1ccccc1F)c1cccn1C1CCNCC1. The zero-order valence-electron chi connectivity index (χ0n) is 13.4. The Hall–Kier alpha value is -2.18.